The third-order valence-electron chi connectivity index (χ3n) is 5.33. The first-order valence-electron chi connectivity index (χ1n) is 9.60. The second-order valence-electron chi connectivity index (χ2n) is 7.40. The van der Waals surface area contributed by atoms with Gasteiger partial charge in [-0.05, 0) is 48.4 Å². The molecule has 2 aromatic heterocycles. The number of aromatic nitrogens is 1. The van der Waals surface area contributed by atoms with Gasteiger partial charge in [-0.3, -0.25) is 4.79 Å². The van der Waals surface area contributed by atoms with Gasteiger partial charge in [-0.1, -0.05) is 25.1 Å². The smallest absolute Gasteiger partial charge is 0.220 e. The van der Waals surface area contributed by atoms with E-state index < -0.39 is 0 Å². The van der Waals surface area contributed by atoms with E-state index in [9.17, 15) is 4.79 Å². The van der Waals surface area contributed by atoms with E-state index in [0.717, 1.165) is 30.4 Å². The summed E-state index contributed by atoms with van der Waals surface area (Å²) < 4.78 is 8.10. The van der Waals surface area contributed by atoms with Crippen LogP contribution in [0.25, 0.3) is 10.9 Å². The van der Waals surface area contributed by atoms with Gasteiger partial charge in [0.15, 0.2) is 0 Å². The maximum absolute atomic E-state index is 12.0. The number of hydrogen-bond acceptors (Lipinski definition) is 2. The predicted molar refractivity (Wildman–Crippen MR) is 103 cm³/mol. The van der Waals surface area contributed by atoms with E-state index in [1.54, 1.807) is 0 Å². The van der Waals surface area contributed by atoms with Crippen molar-refractivity contribution in [2.75, 3.05) is 6.54 Å². The molecule has 1 amide bonds. The van der Waals surface area contributed by atoms with Crippen LogP contribution in [0, 0.1) is 5.92 Å². The van der Waals surface area contributed by atoms with E-state index in [1.165, 1.54) is 17.3 Å². The van der Waals surface area contributed by atoms with E-state index in [2.05, 4.69) is 59.4 Å². The number of fused-ring (bicyclic) bond motifs is 1. The van der Waals surface area contributed by atoms with Gasteiger partial charge in [0.25, 0.3) is 0 Å². The molecule has 26 heavy (non-hydrogen) atoms. The van der Waals surface area contributed by atoms with Gasteiger partial charge in [0, 0.05) is 43.6 Å². The van der Waals surface area contributed by atoms with Crippen LogP contribution in [0.4, 0.5) is 0 Å². The molecule has 3 aromatic rings. The topological polar surface area (TPSA) is 47.2 Å². The average molecular weight is 350 g/mol. The summed E-state index contributed by atoms with van der Waals surface area (Å²) in [6.45, 7) is 3.86. The van der Waals surface area contributed by atoms with E-state index in [1.807, 2.05) is 6.07 Å². The molecule has 0 bridgehead atoms. The Balaban J connectivity index is 1.17. The number of hydrogen-bond donors (Lipinski definition) is 1. The van der Waals surface area contributed by atoms with E-state index in [4.69, 9.17) is 4.42 Å². The van der Waals surface area contributed by atoms with Gasteiger partial charge in [-0.25, -0.2) is 0 Å². The SMILES string of the molecule is CC1CC1c1ccc(CCC(=O)NCCCn2ccc3ccccc32)o1. The fraction of sp³-hybridized carbons (Fsp3) is 0.409. The molecule has 1 N–H and O–H groups in total. The minimum atomic E-state index is 0.0973. The summed E-state index contributed by atoms with van der Waals surface area (Å²) in [5, 5.41) is 4.28. The zero-order valence-electron chi connectivity index (χ0n) is 15.3. The lowest BCUT2D eigenvalue weighted by atomic mass is 10.2. The maximum atomic E-state index is 12.0. The maximum Gasteiger partial charge on any atom is 0.220 e. The number of aryl methyl sites for hydroxylation is 2. The highest BCUT2D eigenvalue weighted by Crippen LogP contribution is 2.47. The fourth-order valence-corrected chi connectivity index (χ4v) is 3.58. The summed E-state index contributed by atoms with van der Waals surface area (Å²) in [6.07, 6.45) is 5.43. The van der Waals surface area contributed by atoms with Crippen LogP contribution in [0.5, 0.6) is 0 Å². The van der Waals surface area contributed by atoms with E-state index in [-0.39, 0.29) is 5.91 Å². The van der Waals surface area contributed by atoms with Crippen molar-refractivity contribution >= 4 is 16.8 Å². The third-order valence-corrected chi connectivity index (χ3v) is 5.33. The van der Waals surface area contributed by atoms with Crippen molar-refractivity contribution in [3.05, 3.63) is 60.2 Å². The molecule has 4 rings (SSSR count). The number of para-hydroxylation sites is 1. The molecule has 1 fully saturated rings. The van der Waals surface area contributed by atoms with Crippen LogP contribution in [0.2, 0.25) is 0 Å². The second-order valence-corrected chi connectivity index (χ2v) is 7.40. The van der Waals surface area contributed by atoms with Crippen molar-refractivity contribution in [3.8, 4) is 0 Å². The highest BCUT2D eigenvalue weighted by molar-refractivity contribution is 5.79. The number of furan rings is 1. The van der Waals surface area contributed by atoms with Crippen LogP contribution in [0.1, 0.15) is 43.6 Å². The normalized spacial score (nSPS) is 19.0. The van der Waals surface area contributed by atoms with Crippen LogP contribution < -0.4 is 5.32 Å². The Labute approximate surface area is 154 Å². The molecular formula is C22H26N2O2. The number of carbonyl (C=O) groups excluding carboxylic acids is 1. The van der Waals surface area contributed by atoms with E-state index >= 15 is 0 Å². The van der Waals surface area contributed by atoms with Crippen molar-refractivity contribution < 1.29 is 9.21 Å². The van der Waals surface area contributed by atoms with E-state index in [0.29, 0.717) is 25.3 Å². The van der Waals surface area contributed by atoms with Crippen molar-refractivity contribution in [3.63, 3.8) is 0 Å². The van der Waals surface area contributed by atoms with Crippen molar-refractivity contribution in [2.45, 2.75) is 45.1 Å². The summed E-state index contributed by atoms with van der Waals surface area (Å²) in [6, 6.07) is 14.6. The largest absolute Gasteiger partial charge is 0.466 e. The van der Waals surface area contributed by atoms with Gasteiger partial charge in [0.05, 0.1) is 0 Å². The predicted octanol–water partition coefficient (Wildman–Crippen LogP) is 4.50. The Morgan fingerprint density at radius 2 is 2.08 bits per heavy atom. The van der Waals surface area contributed by atoms with Crippen LogP contribution >= 0.6 is 0 Å². The van der Waals surface area contributed by atoms with Gasteiger partial charge in [-0.2, -0.15) is 0 Å². The molecule has 1 aromatic carbocycles. The lowest BCUT2D eigenvalue weighted by molar-refractivity contribution is -0.121. The molecule has 0 radical (unpaired) electrons. The molecule has 0 aliphatic heterocycles. The summed E-state index contributed by atoms with van der Waals surface area (Å²) in [7, 11) is 0. The molecule has 1 aliphatic rings. The van der Waals surface area contributed by atoms with Gasteiger partial charge in [0.1, 0.15) is 11.5 Å². The minimum Gasteiger partial charge on any atom is -0.466 e. The second kappa shape index (κ2) is 7.40. The number of rotatable bonds is 8. The quantitative estimate of drug-likeness (QED) is 0.608. The first-order chi connectivity index (χ1) is 12.7. The Bertz CT molecular complexity index is 892. The highest BCUT2D eigenvalue weighted by atomic mass is 16.3. The molecule has 1 saturated carbocycles. The number of nitrogens with zero attached hydrogens (tertiary/aromatic N) is 1. The number of amides is 1. The van der Waals surface area contributed by atoms with Crippen LogP contribution in [-0.4, -0.2) is 17.0 Å². The molecule has 0 spiro atoms. The average Bonchev–Trinajstić information content (AvgIpc) is 3.07. The van der Waals surface area contributed by atoms with Crippen molar-refractivity contribution in [1.29, 1.82) is 0 Å². The molecular weight excluding hydrogens is 324 g/mol. The number of benzene rings is 1. The van der Waals surface area contributed by atoms with Crippen LogP contribution in [0.3, 0.4) is 0 Å². The van der Waals surface area contributed by atoms with Crippen LogP contribution in [-0.2, 0) is 17.8 Å². The molecule has 4 heteroatoms. The molecule has 0 saturated heterocycles. The zero-order valence-corrected chi connectivity index (χ0v) is 15.3. The Morgan fingerprint density at radius 1 is 1.23 bits per heavy atom. The minimum absolute atomic E-state index is 0.0973. The Kier molecular flexibility index (Phi) is 4.83. The molecule has 1 aliphatic carbocycles. The fourth-order valence-electron chi connectivity index (χ4n) is 3.58. The molecule has 2 unspecified atom stereocenters. The van der Waals surface area contributed by atoms with Gasteiger partial charge < -0.3 is 14.3 Å². The Hall–Kier alpha value is -2.49. The first kappa shape index (κ1) is 17.0. The van der Waals surface area contributed by atoms with Gasteiger partial charge >= 0.3 is 0 Å². The first-order valence-corrected chi connectivity index (χ1v) is 9.60. The summed E-state index contributed by atoms with van der Waals surface area (Å²) in [4.78, 5) is 12.0. The summed E-state index contributed by atoms with van der Waals surface area (Å²) in [5.74, 6) is 3.46. The standard InChI is InChI=1S/C22H26N2O2/c1-16-15-19(16)21-9-7-18(26-21)8-10-22(25)23-12-4-13-24-14-11-17-5-2-3-6-20(17)24/h2-3,5-7,9,11,14,16,19H,4,8,10,12-13,15H2,1H3,(H,23,25). The molecule has 2 atom stereocenters. The monoisotopic (exact) mass is 350 g/mol. The molecule has 4 nitrogen and oxygen atoms in total. The lowest BCUT2D eigenvalue weighted by Crippen LogP contribution is -2.25. The third kappa shape index (κ3) is 3.85. The Morgan fingerprint density at radius 3 is 2.92 bits per heavy atom. The van der Waals surface area contributed by atoms with Crippen molar-refractivity contribution in [2.24, 2.45) is 5.92 Å². The number of nitrogens with one attached hydrogen (secondary N) is 1. The highest BCUT2D eigenvalue weighted by Gasteiger charge is 2.36. The summed E-state index contributed by atoms with van der Waals surface area (Å²) in [5.41, 5.74) is 1.25. The summed E-state index contributed by atoms with van der Waals surface area (Å²) >= 11 is 0. The molecule has 136 valence electrons. The van der Waals surface area contributed by atoms with Crippen molar-refractivity contribution in [1.82, 2.24) is 9.88 Å². The lowest BCUT2D eigenvalue weighted by Gasteiger charge is -2.07. The van der Waals surface area contributed by atoms with Gasteiger partial charge in [0.2, 0.25) is 5.91 Å². The van der Waals surface area contributed by atoms with Gasteiger partial charge in [-0.15, -0.1) is 0 Å². The molecule has 2 heterocycles. The van der Waals surface area contributed by atoms with Crippen LogP contribution in [0.15, 0.2) is 53.1 Å². The zero-order chi connectivity index (χ0) is 17.9. The number of carbonyl (C=O) groups is 1.